The van der Waals surface area contributed by atoms with Gasteiger partial charge in [-0.1, -0.05) is 6.08 Å². The Morgan fingerprint density at radius 3 is 2.59 bits per heavy atom. The first-order valence-corrected chi connectivity index (χ1v) is 6.14. The highest BCUT2D eigenvalue weighted by Crippen LogP contribution is 2.08. The highest BCUT2D eigenvalue weighted by atomic mass is 16.6. The summed E-state index contributed by atoms with van der Waals surface area (Å²) in [5, 5.41) is 5.94. The highest BCUT2D eigenvalue weighted by Gasteiger charge is 2.18. The van der Waals surface area contributed by atoms with E-state index >= 15 is 0 Å². The van der Waals surface area contributed by atoms with E-state index in [1.807, 2.05) is 33.9 Å². The van der Waals surface area contributed by atoms with Crippen molar-refractivity contribution in [2.75, 3.05) is 13.6 Å². The van der Waals surface area contributed by atoms with Crippen LogP contribution in [0.4, 0.5) is 4.79 Å². The van der Waals surface area contributed by atoms with Crippen LogP contribution < -0.4 is 10.6 Å². The van der Waals surface area contributed by atoms with E-state index in [1.165, 1.54) is 0 Å². The predicted octanol–water partition coefficient (Wildman–Crippen LogP) is 2.46. The first-order valence-electron chi connectivity index (χ1n) is 6.14. The molecule has 0 bridgehead atoms. The van der Waals surface area contributed by atoms with Crippen molar-refractivity contribution in [1.82, 2.24) is 10.6 Å². The van der Waals surface area contributed by atoms with Crippen LogP contribution in [0.25, 0.3) is 0 Å². The largest absolute Gasteiger partial charge is 0.444 e. The molecule has 0 rings (SSSR count). The van der Waals surface area contributed by atoms with Gasteiger partial charge in [0.05, 0.1) is 0 Å². The fourth-order valence-electron chi connectivity index (χ4n) is 1.45. The quantitative estimate of drug-likeness (QED) is 0.532. The number of likely N-dealkylation sites (N-methyl/N-ethyl adjacent to an activating group) is 1. The van der Waals surface area contributed by atoms with Gasteiger partial charge in [-0.3, -0.25) is 0 Å². The minimum atomic E-state index is -0.449. The molecule has 0 aliphatic carbocycles. The number of nitrogens with one attached hydrogen (secondary N) is 2. The summed E-state index contributed by atoms with van der Waals surface area (Å²) >= 11 is 0. The summed E-state index contributed by atoms with van der Waals surface area (Å²) in [5.41, 5.74) is -0.449. The van der Waals surface area contributed by atoms with E-state index in [2.05, 4.69) is 17.2 Å². The summed E-state index contributed by atoms with van der Waals surface area (Å²) < 4.78 is 5.22. The second-order valence-electron chi connectivity index (χ2n) is 5.12. The Morgan fingerprint density at radius 2 is 2.12 bits per heavy atom. The van der Waals surface area contributed by atoms with Crippen LogP contribution in [0.1, 0.15) is 40.0 Å². The second-order valence-corrected chi connectivity index (χ2v) is 5.12. The zero-order chi connectivity index (χ0) is 13.3. The van der Waals surface area contributed by atoms with E-state index in [4.69, 9.17) is 4.74 Å². The Labute approximate surface area is 105 Å². The molecular formula is C13H26N2O2. The summed E-state index contributed by atoms with van der Waals surface area (Å²) in [6.45, 7) is 10.0. The van der Waals surface area contributed by atoms with E-state index in [0.717, 1.165) is 25.8 Å². The lowest BCUT2D eigenvalue weighted by Gasteiger charge is -2.23. The van der Waals surface area contributed by atoms with Crippen LogP contribution in [0.3, 0.4) is 0 Å². The number of carbonyl (C=O) groups is 1. The summed E-state index contributed by atoms with van der Waals surface area (Å²) in [6, 6.07) is 0.106. The van der Waals surface area contributed by atoms with Crippen LogP contribution in [-0.4, -0.2) is 31.3 Å². The van der Waals surface area contributed by atoms with Gasteiger partial charge < -0.3 is 15.4 Å². The lowest BCUT2D eigenvalue weighted by atomic mass is 10.1. The molecule has 0 aromatic carbocycles. The molecule has 0 aliphatic rings. The minimum absolute atomic E-state index is 0.106. The van der Waals surface area contributed by atoms with E-state index in [9.17, 15) is 4.79 Å². The number of alkyl carbamates (subject to hydrolysis) is 1. The molecule has 0 saturated carbocycles. The zero-order valence-electron chi connectivity index (χ0n) is 11.5. The summed E-state index contributed by atoms with van der Waals surface area (Å²) in [6.07, 6.45) is 4.45. The molecular weight excluding hydrogens is 216 g/mol. The average Bonchev–Trinajstić information content (AvgIpc) is 2.15. The van der Waals surface area contributed by atoms with Crippen molar-refractivity contribution in [2.45, 2.75) is 51.7 Å². The molecule has 2 N–H and O–H groups in total. The highest BCUT2D eigenvalue weighted by molar-refractivity contribution is 5.68. The molecule has 0 aliphatic heterocycles. The van der Waals surface area contributed by atoms with Crippen LogP contribution >= 0.6 is 0 Å². The van der Waals surface area contributed by atoms with Gasteiger partial charge in [0.15, 0.2) is 0 Å². The number of allylic oxidation sites excluding steroid dienone is 1. The molecule has 0 heterocycles. The minimum Gasteiger partial charge on any atom is -0.444 e. The Kier molecular flexibility index (Phi) is 7.63. The number of amides is 1. The number of rotatable bonds is 7. The zero-order valence-corrected chi connectivity index (χ0v) is 11.5. The van der Waals surface area contributed by atoms with Crippen LogP contribution in [0.2, 0.25) is 0 Å². The fraction of sp³-hybridized carbons (Fsp3) is 0.769. The first kappa shape index (κ1) is 16.0. The average molecular weight is 242 g/mol. The summed E-state index contributed by atoms with van der Waals surface area (Å²) in [4.78, 5) is 11.6. The molecule has 0 saturated heterocycles. The van der Waals surface area contributed by atoms with Gasteiger partial charge in [-0.25, -0.2) is 4.79 Å². The summed E-state index contributed by atoms with van der Waals surface area (Å²) in [5.74, 6) is 0. The standard InChI is InChI=1S/C13H26N2O2/c1-6-7-8-9-11(10-14-5)15-12(16)17-13(2,3)4/h6,11,14H,1,7-10H2,2-5H3,(H,15,16). The van der Waals surface area contributed by atoms with Gasteiger partial charge in [0.2, 0.25) is 0 Å². The van der Waals surface area contributed by atoms with Crippen LogP contribution in [-0.2, 0) is 4.74 Å². The van der Waals surface area contributed by atoms with Crippen molar-refractivity contribution in [3.63, 3.8) is 0 Å². The number of hydrogen-bond donors (Lipinski definition) is 2. The van der Waals surface area contributed by atoms with Gasteiger partial charge in [0, 0.05) is 12.6 Å². The number of hydrogen-bond acceptors (Lipinski definition) is 3. The van der Waals surface area contributed by atoms with Crippen molar-refractivity contribution in [3.8, 4) is 0 Å². The van der Waals surface area contributed by atoms with Crippen LogP contribution in [0.15, 0.2) is 12.7 Å². The number of unbranched alkanes of at least 4 members (excludes halogenated alkanes) is 1. The van der Waals surface area contributed by atoms with Gasteiger partial charge in [-0.2, -0.15) is 0 Å². The maximum Gasteiger partial charge on any atom is 0.407 e. The van der Waals surface area contributed by atoms with Crippen LogP contribution in [0.5, 0.6) is 0 Å². The molecule has 100 valence electrons. The van der Waals surface area contributed by atoms with Gasteiger partial charge in [-0.05, 0) is 47.1 Å². The Balaban J connectivity index is 4.05. The van der Waals surface area contributed by atoms with E-state index < -0.39 is 5.60 Å². The van der Waals surface area contributed by atoms with Gasteiger partial charge in [0.1, 0.15) is 5.60 Å². The molecule has 0 spiro atoms. The lowest BCUT2D eigenvalue weighted by molar-refractivity contribution is 0.0501. The SMILES string of the molecule is C=CCCCC(CNC)NC(=O)OC(C)(C)C. The van der Waals surface area contributed by atoms with Crippen LogP contribution in [0, 0.1) is 0 Å². The molecule has 1 atom stereocenters. The van der Waals surface area contributed by atoms with Gasteiger partial charge in [0.25, 0.3) is 0 Å². The molecule has 0 aromatic heterocycles. The number of ether oxygens (including phenoxy) is 1. The second kappa shape index (κ2) is 8.12. The van der Waals surface area contributed by atoms with Crippen molar-refractivity contribution >= 4 is 6.09 Å². The number of carbonyl (C=O) groups excluding carboxylic acids is 1. The maximum atomic E-state index is 11.6. The van der Waals surface area contributed by atoms with E-state index in [-0.39, 0.29) is 12.1 Å². The molecule has 1 unspecified atom stereocenters. The normalized spacial score (nSPS) is 12.9. The third-order valence-corrected chi connectivity index (χ3v) is 2.13. The monoisotopic (exact) mass is 242 g/mol. The third-order valence-electron chi connectivity index (χ3n) is 2.13. The van der Waals surface area contributed by atoms with E-state index in [0.29, 0.717) is 0 Å². The fourth-order valence-corrected chi connectivity index (χ4v) is 1.45. The topological polar surface area (TPSA) is 50.4 Å². The molecule has 0 aromatic rings. The molecule has 4 nitrogen and oxygen atoms in total. The van der Waals surface area contributed by atoms with Crippen molar-refractivity contribution in [1.29, 1.82) is 0 Å². The Morgan fingerprint density at radius 1 is 1.47 bits per heavy atom. The Hall–Kier alpha value is -1.03. The molecule has 1 amide bonds. The molecule has 4 heteroatoms. The lowest BCUT2D eigenvalue weighted by Crippen LogP contribution is -2.43. The van der Waals surface area contributed by atoms with Crippen molar-refractivity contribution in [3.05, 3.63) is 12.7 Å². The van der Waals surface area contributed by atoms with Gasteiger partial charge in [-0.15, -0.1) is 6.58 Å². The molecule has 0 fully saturated rings. The van der Waals surface area contributed by atoms with Crippen molar-refractivity contribution in [2.24, 2.45) is 0 Å². The predicted molar refractivity (Wildman–Crippen MR) is 71.1 cm³/mol. The van der Waals surface area contributed by atoms with E-state index in [1.54, 1.807) is 0 Å². The third kappa shape index (κ3) is 9.87. The maximum absolute atomic E-state index is 11.6. The summed E-state index contributed by atoms with van der Waals surface area (Å²) in [7, 11) is 1.87. The van der Waals surface area contributed by atoms with Gasteiger partial charge >= 0.3 is 6.09 Å². The first-order chi connectivity index (χ1) is 7.89. The smallest absolute Gasteiger partial charge is 0.407 e. The van der Waals surface area contributed by atoms with Crippen molar-refractivity contribution < 1.29 is 9.53 Å². The molecule has 0 radical (unpaired) electrons. The Bertz CT molecular complexity index is 234. The molecule has 17 heavy (non-hydrogen) atoms.